The summed E-state index contributed by atoms with van der Waals surface area (Å²) in [4.78, 5) is 13.9. The number of carbonyl (C=O) groups is 1. The summed E-state index contributed by atoms with van der Waals surface area (Å²) in [5, 5.41) is 0.735. The van der Waals surface area contributed by atoms with E-state index in [1.165, 1.54) is 12.8 Å². The fourth-order valence-electron chi connectivity index (χ4n) is 2.43. The molecule has 0 N–H and O–H groups in total. The second-order valence-corrected chi connectivity index (χ2v) is 5.24. The third-order valence-corrected chi connectivity index (χ3v) is 3.67. The summed E-state index contributed by atoms with van der Waals surface area (Å²) in [6.45, 7) is 0.673. The Balaban J connectivity index is 1.93. The second kappa shape index (κ2) is 5.54. The molecule has 3 heteroatoms. The fourth-order valence-corrected chi connectivity index (χ4v) is 2.55. The number of hydrogen-bond donors (Lipinski definition) is 0. The fraction of sp³-hybridized carbons (Fsp3) is 0.500. The van der Waals surface area contributed by atoms with Crippen LogP contribution >= 0.6 is 11.6 Å². The van der Waals surface area contributed by atoms with Crippen LogP contribution in [0.4, 0.5) is 0 Å². The SMILES string of the molecule is CN(Cc1ccc(Cl)cc1)C(=O)C1CCCC1. The number of hydrogen-bond acceptors (Lipinski definition) is 1. The normalized spacial score (nSPS) is 16.1. The van der Waals surface area contributed by atoms with Crippen LogP contribution in [0, 0.1) is 5.92 Å². The van der Waals surface area contributed by atoms with Gasteiger partial charge >= 0.3 is 0 Å². The summed E-state index contributed by atoms with van der Waals surface area (Å²) < 4.78 is 0. The quantitative estimate of drug-likeness (QED) is 0.805. The highest BCUT2D eigenvalue weighted by molar-refractivity contribution is 6.30. The van der Waals surface area contributed by atoms with Crippen LogP contribution in [0.5, 0.6) is 0 Å². The number of benzene rings is 1. The maximum Gasteiger partial charge on any atom is 0.225 e. The van der Waals surface area contributed by atoms with Crippen molar-refractivity contribution in [2.24, 2.45) is 5.92 Å². The summed E-state index contributed by atoms with van der Waals surface area (Å²) in [6.07, 6.45) is 4.52. The molecule has 1 aliphatic carbocycles. The molecule has 0 saturated heterocycles. The van der Waals surface area contributed by atoms with Gasteiger partial charge in [-0.15, -0.1) is 0 Å². The van der Waals surface area contributed by atoms with E-state index in [4.69, 9.17) is 11.6 Å². The van der Waals surface area contributed by atoms with E-state index in [2.05, 4.69) is 0 Å². The molecular weight excluding hydrogens is 234 g/mol. The summed E-state index contributed by atoms with van der Waals surface area (Å²) in [5.74, 6) is 0.546. The van der Waals surface area contributed by atoms with Crippen LogP contribution in [0.3, 0.4) is 0 Å². The van der Waals surface area contributed by atoms with E-state index < -0.39 is 0 Å². The van der Waals surface area contributed by atoms with Crippen molar-refractivity contribution in [1.82, 2.24) is 4.90 Å². The lowest BCUT2D eigenvalue weighted by Gasteiger charge is -2.21. The molecule has 1 fully saturated rings. The van der Waals surface area contributed by atoms with Gasteiger partial charge < -0.3 is 4.90 Å². The van der Waals surface area contributed by atoms with Gasteiger partial charge in [-0.25, -0.2) is 0 Å². The molecule has 2 rings (SSSR count). The molecule has 1 amide bonds. The highest BCUT2D eigenvalue weighted by Gasteiger charge is 2.25. The Labute approximate surface area is 108 Å². The molecule has 17 heavy (non-hydrogen) atoms. The molecule has 92 valence electrons. The minimum atomic E-state index is 0.257. The zero-order valence-corrected chi connectivity index (χ0v) is 10.9. The van der Waals surface area contributed by atoms with Crippen LogP contribution in [-0.2, 0) is 11.3 Å². The standard InChI is InChI=1S/C14H18ClNO/c1-16(14(17)12-4-2-3-5-12)10-11-6-8-13(15)9-7-11/h6-9,12H,2-5,10H2,1H3. The average molecular weight is 252 g/mol. The molecule has 0 heterocycles. The van der Waals surface area contributed by atoms with Crippen molar-refractivity contribution in [1.29, 1.82) is 0 Å². The van der Waals surface area contributed by atoms with Gasteiger partial charge in [-0.2, -0.15) is 0 Å². The number of nitrogens with zero attached hydrogens (tertiary/aromatic N) is 1. The maximum atomic E-state index is 12.1. The van der Waals surface area contributed by atoms with Crippen molar-refractivity contribution in [2.45, 2.75) is 32.2 Å². The molecule has 1 aliphatic rings. The zero-order valence-electron chi connectivity index (χ0n) is 10.2. The van der Waals surface area contributed by atoms with Gasteiger partial charge in [0.1, 0.15) is 0 Å². The lowest BCUT2D eigenvalue weighted by molar-refractivity contribution is -0.134. The molecule has 1 aromatic carbocycles. The van der Waals surface area contributed by atoms with Crippen LogP contribution in [-0.4, -0.2) is 17.9 Å². The predicted molar refractivity (Wildman–Crippen MR) is 69.9 cm³/mol. The molecule has 0 bridgehead atoms. The predicted octanol–water partition coefficient (Wildman–Crippen LogP) is 3.49. The van der Waals surface area contributed by atoms with E-state index in [1.807, 2.05) is 36.2 Å². The van der Waals surface area contributed by atoms with Crippen molar-refractivity contribution in [3.8, 4) is 0 Å². The van der Waals surface area contributed by atoms with E-state index in [1.54, 1.807) is 0 Å². The monoisotopic (exact) mass is 251 g/mol. The first kappa shape index (κ1) is 12.4. The number of rotatable bonds is 3. The van der Waals surface area contributed by atoms with Gasteiger partial charge in [-0.1, -0.05) is 36.6 Å². The van der Waals surface area contributed by atoms with Crippen LogP contribution in [0.25, 0.3) is 0 Å². The van der Waals surface area contributed by atoms with Crippen molar-refractivity contribution >= 4 is 17.5 Å². The van der Waals surface area contributed by atoms with E-state index in [0.29, 0.717) is 6.54 Å². The van der Waals surface area contributed by atoms with Gasteiger partial charge in [0.05, 0.1) is 0 Å². The van der Waals surface area contributed by atoms with Gasteiger partial charge in [0, 0.05) is 24.5 Å². The molecule has 2 nitrogen and oxygen atoms in total. The molecule has 0 atom stereocenters. The molecule has 0 radical (unpaired) electrons. The van der Waals surface area contributed by atoms with Crippen LogP contribution < -0.4 is 0 Å². The van der Waals surface area contributed by atoms with Crippen molar-refractivity contribution < 1.29 is 4.79 Å². The lowest BCUT2D eigenvalue weighted by atomic mass is 10.1. The highest BCUT2D eigenvalue weighted by Crippen LogP contribution is 2.26. The van der Waals surface area contributed by atoms with E-state index in [0.717, 1.165) is 23.4 Å². The number of amides is 1. The number of carbonyl (C=O) groups excluding carboxylic acids is 1. The van der Waals surface area contributed by atoms with E-state index >= 15 is 0 Å². The molecule has 0 unspecified atom stereocenters. The Hall–Kier alpha value is -1.02. The first-order valence-electron chi connectivity index (χ1n) is 6.16. The highest BCUT2D eigenvalue weighted by atomic mass is 35.5. The Morgan fingerprint density at radius 1 is 1.29 bits per heavy atom. The van der Waals surface area contributed by atoms with Gasteiger partial charge in [0.25, 0.3) is 0 Å². The molecule has 1 saturated carbocycles. The van der Waals surface area contributed by atoms with Crippen LogP contribution in [0.1, 0.15) is 31.2 Å². The van der Waals surface area contributed by atoms with Crippen molar-refractivity contribution in [3.63, 3.8) is 0 Å². The third kappa shape index (κ3) is 3.22. The number of halogens is 1. The van der Waals surface area contributed by atoms with E-state index in [9.17, 15) is 4.79 Å². The third-order valence-electron chi connectivity index (χ3n) is 3.41. The zero-order chi connectivity index (χ0) is 12.3. The van der Waals surface area contributed by atoms with Crippen molar-refractivity contribution in [2.75, 3.05) is 7.05 Å². The summed E-state index contributed by atoms with van der Waals surface area (Å²) in [6, 6.07) is 7.68. The first-order chi connectivity index (χ1) is 8.16. The summed E-state index contributed by atoms with van der Waals surface area (Å²) >= 11 is 5.83. The Bertz CT molecular complexity index is 382. The van der Waals surface area contributed by atoms with Gasteiger partial charge in [0.15, 0.2) is 0 Å². The van der Waals surface area contributed by atoms with Gasteiger partial charge in [0.2, 0.25) is 5.91 Å². The topological polar surface area (TPSA) is 20.3 Å². The first-order valence-corrected chi connectivity index (χ1v) is 6.54. The van der Waals surface area contributed by atoms with Crippen LogP contribution in [0.2, 0.25) is 5.02 Å². The van der Waals surface area contributed by atoms with Crippen LogP contribution in [0.15, 0.2) is 24.3 Å². The van der Waals surface area contributed by atoms with Gasteiger partial charge in [-0.05, 0) is 30.5 Å². The minimum absolute atomic E-state index is 0.257. The molecule has 0 aliphatic heterocycles. The maximum absolute atomic E-state index is 12.1. The van der Waals surface area contributed by atoms with Gasteiger partial charge in [-0.3, -0.25) is 4.79 Å². The summed E-state index contributed by atoms with van der Waals surface area (Å²) in [5.41, 5.74) is 1.13. The Kier molecular flexibility index (Phi) is 4.06. The Morgan fingerprint density at radius 3 is 2.47 bits per heavy atom. The largest absolute Gasteiger partial charge is 0.341 e. The smallest absolute Gasteiger partial charge is 0.225 e. The molecule has 0 aromatic heterocycles. The van der Waals surface area contributed by atoms with E-state index in [-0.39, 0.29) is 11.8 Å². The lowest BCUT2D eigenvalue weighted by Crippen LogP contribution is -2.31. The Morgan fingerprint density at radius 2 is 1.88 bits per heavy atom. The average Bonchev–Trinajstić information content (AvgIpc) is 2.84. The molecule has 1 aromatic rings. The molecule has 0 spiro atoms. The molecular formula is C14H18ClNO. The summed E-state index contributed by atoms with van der Waals surface area (Å²) in [7, 11) is 1.88. The van der Waals surface area contributed by atoms with Crippen molar-refractivity contribution in [3.05, 3.63) is 34.9 Å². The minimum Gasteiger partial charge on any atom is -0.341 e. The second-order valence-electron chi connectivity index (χ2n) is 4.80.